The van der Waals surface area contributed by atoms with Crippen LogP contribution in [0.3, 0.4) is 0 Å². The Morgan fingerprint density at radius 3 is 2.40 bits per heavy atom. The minimum absolute atomic E-state index is 0.697. The third kappa shape index (κ3) is 2.75. The minimum Gasteiger partial charge on any atom is -0.396 e. The van der Waals surface area contributed by atoms with Crippen molar-refractivity contribution in [3.05, 3.63) is 70.8 Å². The number of nitrogen functional groups attached to an aromatic ring is 1. The highest BCUT2D eigenvalue weighted by molar-refractivity contribution is 9.10. The average Bonchev–Trinajstić information content (AvgIpc) is 2.81. The molecule has 2 aromatic carbocycles. The Kier molecular flexibility index (Phi) is 3.56. The number of benzene rings is 2. The molecule has 1 heterocycles. The summed E-state index contributed by atoms with van der Waals surface area (Å²) in [6.45, 7) is 0.724. The lowest BCUT2D eigenvalue weighted by molar-refractivity contribution is 0.689. The van der Waals surface area contributed by atoms with Crippen LogP contribution in [-0.2, 0) is 6.54 Å². The highest BCUT2D eigenvalue weighted by Gasteiger charge is 2.08. The van der Waals surface area contributed by atoms with Gasteiger partial charge < -0.3 is 5.73 Å². The van der Waals surface area contributed by atoms with Crippen molar-refractivity contribution in [2.75, 3.05) is 5.73 Å². The molecule has 0 bridgehead atoms. The predicted octanol–water partition coefficient (Wildman–Crippen LogP) is 3.94. The Bertz CT molecular complexity index is 702. The van der Waals surface area contributed by atoms with Crippen molar-refractivity contribution in [3.8, 4) is 11.3 Å². The van der Waals surface area contributed by atoms with Crippen LogP contribution in [0.15, 0.2) is 65.3 Å². The first-order valence-electron chi connectivity index (χ1n) is 6.35. The van der Waals surface area contributed by atoms with E-state index in [1.54, 1.807) is 0 Å². The first-order chi connectivity index (χ1) is 9.72. The van der Waals surface area contributed by atoms with Gasteiger partial charge in [0.05, 0.1) is 12.2 Å². The third-order valence-corrected chi connectivity index (χ3v) is 3.62. The van der Waals surface area contributed by atoms with E-state index in [1.807, 2.05) is 53.3 Å². The standard InChI is InChI=1S/C16H14BrN3/c17-14-8-6-13(7-9-14)16-15(18)11-20(19-16)10-12-4-2-1-3-5-12/h1-9,11H,10,18H2. The highest BCUT2D eigenvalue weighted by Crippen LogP contribution is 2.25. The lowest BCUT2D eigenvalue weighted by Crippen LogP contribution is -1.99. The van der Waals surface area contributed by atoms with Gasteiger partial charge in [-0.05, 0) is 17.7 Å². The summed E-state index contributed by atoms with van der Waals surface area (Å²) in [4.78, 5) is 0. The fraction of sp³-hybridized carbons (Fsp3) is 0.0625. The van der Waals surface area contributed by atoms with Crippen LogP contribution in [0.5, 0.6) is 0 Å². The van der Waals surface area contributed by atoms with E-state index in [9.17, 15) is 0 Å². The van der Waals surface area contributed by atoms with Crippen LogP contribution in [0, 0.1) is 0 Å². The van der Waals surface area contributed by atoms with Crippen molar-refractivity contribution in [3.63, 3.8) is 0 Å². The Balaban J connectivity index is 1.89. The highest BCUT2D eigenvalue weighted by atomic mass is 79.9. The topological polar surface area (TPSA) is 43.8 Å². The first-order valence-corrected chi connectivity index (χ1v) is 7.14. The largest absolute Gasteiger partial charge is 0.396 e. The molecule has 0 saturated carbocycles. The number of nitrogens with zero attached hydrogens (tertiary/aromatic N) is 2. The van der Waals surface area contributed by atoms with E-state index in [4.69, 9.17) is 5.73 Å². The third-order valence-electron chi connectivity index (χ3n) is 3.10. The molecular formula is C16H14BrN3. The summed E-state index contributed by atoms with van der Waals surface area (Å²) < 4.78 is 2.92. The average molecular weight is 328 g/mol. The van der Waals surface area contributed by atoms with E-state index in [1.165, 1.54) is 5.56 Å². The van der Waals surface area contributed by atoms with Gasteiger partial charge >= 0.3 is 0 Å². The number of aromatic nitrogens is 2. The molecule has 20 heavy (non-hydrogen) atoms. The molecule has 100 valence electrons. The molecule has 0 aliphatic carbocycles. The molecule has 0 aliphatic heterocycles. The number of hydrogen-bond acceptors (Lipinski definition) is 2. The number of halogens is 1. The smallest absolute Gasteiger partial charge is 0.115 e. The normalized spacial score (nSPS) is 10.7. The summed E-state index contributed by atoms with van der Waals surface area (Å²) in [6.07, 6.45) is 1.88. The van der Waals surface area contributed by atoms with Crippen molar-refractivity contribution in [2.24, 2.45) is 0 Å². The SMILES string of the molecule is Nc1cn(Cc2ccccc2)nc1-c1ccc(Br)cc1. The maximum absolute atomic E-state index is 6.07. The van der Waals surface area contributed by atoms with Gasteiger partial charge in [-0.2, -0.15) is 5.10 Å². The van der Waals surface area contributed by atoms with Gasteiger partial charge in [0.15, 0.2) is 0 Å². The van der Waals surface area contributed by atoms with Crippen molar-refractivity contribution < 1.29 is 0 Å². The van der Waals surface area contributed by atoms with Gasteiger partial charge in [-0.3, -0.25) is 4.68 Å². The quantitative estimate of drug-likeness (QED) is 0.791. The van der Waals surface area contributed by atoms with Crippen LogP contribution in [-0.4, -0.2) is 9.78 Å². The lowest BCUT2D eigenvalue weighted by atomic mass is 10.1. The van der Waals surface area contributed by atoms with Crippen LogP contribution in [0.4, 0.5) is 5.69 Å². The molecule has 0 aliphatic rings. The van der Waals surface area contributed by atoms with E-state index >= 15 is 0 Å². The molecule has 0 fully saturated rings. The molecule has 3 rings (SSSR count). The Hall–Kier alpha value is -2.07. The summed E-state index contributed by atoms with van der Waals surface area (Å²) in [5.74, 6) is 0. The number of nitrogens with two attached hydrogens (primary N) is 1. The molecule has 0 atom stereocenters. The zero-order valence-electron chi connectivity index (χ0n) is 10.8. The zero-order chi connectivity index (χ0) is 13.9. The second-order valence-electron chi connectivity index (χ2n) is 4.62. The molecule has 2 N–H and O–H groups in total. The van der Waals surface area contributed by atoms with Gasteiger partial charge in [-0.25, -0.2) is 0 Å². The van der Waals surface area contributed by atoms with E-state index in [-0.39, 0.29) is 0 Å². The predicted molar refractivity (Wildman–Crippen MR) is 85.3 cm³/mol. The molecule has 1 aromatic heterocycles. The molecule has 4 heteroatoms. The summed E-state index contributed by atoms with van der Waals surface area (Å²) >= 11 is 3.43. The van der Waals surface area contributed by atoms with Gasteiger partial charge in [0, 0.05) is 16.2 Å². The molecule has 3 aromatic rings. The second kappa shape index (κ2) is 5.51. The first kappa shape index (κ1) is 12.9. The summed E-state index contributed by atoms with van der Waals surface area (Å²) in [7, 11) is 0. The minimum atomic E-state index is 0.697. The molecular weight excluding hydrogens is 314 g/mol. The maximum atomic E-state index is 6.07. The molecule has 0 radical (unpaired) electrons. The second-order valence-corrected chi connectivity index (χ2v) is 5.54. The maximum Gasteiger partial charge on any atom is 0.115 e. The molecule has 3 nitrogen and oxygen atoms in total. The van der Waals surface area contributed by atoms with Crippen molar-refractivity contribution in [1.82, 2.24) is 9.78 Å². The van der Waals surface area contributed by atoms with E-state index in [2.05, 4.69) is 33.2 Å². The van der Waals surface area contributed by atoms with Crippen LogP contribution in [0.1, 0.15) is 5.56 Å². The van der Waals surface area contributed by atoms with Gasteiger partial charge in [0.1, 0.15) is 5.69 Å². The van der Waals surface area contributed by atoms with Gasteiger partial charge in [0.2, 0.25) is 0 Å². The monoisotopic (exact) mass is 327 g/mol. The fourth-order valence-corrected chi connectivity index (χ4v) is 2.38. The van der Waals surface area contributed by atoms with Crippen LogP contribution in [0.2, 0.25) is 0 Å². The van der Waals surface area contributed by atoms with Crippen LogP contribution < -0.4 is 5.73 Å². The van der Waals surface area contributed by atoms with Gasteiger partial charge in [0.25, 0.3) is 0 Å². The number of rotatable bonds is 3. The number of anilines is 1. The Morgan fingerprint density at radius 2 is 1.70 bits per heavy atom. The van der Waals surface area contributed by atoms with E-state index < -0.39 is 0 Å². The fourth-order valence-electron chi connectivity index (χ4n) is 2.12. The van der Waals surface area contributed by atoms with Crippen LogP contribution >= 0.6 is 15.9 Å². The summed E-state index contributed by atoms with van der Waals surface area (Å²) in [6, 6.07) is 18.2. The van der Waals surface area contributed by atoms with Crippen LogP contribution in [0.25, 0.3) is 11.3 Å². The number of hydrogen-bond donors (Lipinski definition) is 1. The molecule has 0 spiro atoms. The summed E-state index contributed by atoms with van der Waals surface area (Å²) in [5, 5.41) is 4.58. The van der Waals surface area contributed by atoms with Gasteiger partial charge in [-0.15, -0.1) is 0 Å². The Labute approximate surface area is 126 Å². The zero-order valence-corrected chi connectivity index (χ0v) is 12.4. The molecule has 0 saturated heterocycles. The van der Waals surface area contributed by atoms with Crippen molar-refractivity contribution in [1.29, 1.82) is 0 Å². The molecule has 0 unspecified atom stereocenters. The van der Waals surface area contributed by atoms with E-state index in [0.29, 0.717) is 5.69 Å². The lowest BCUT2D eigenvalue weighted by Gasteiger charge is -2.01. The molecule has 0 amide bonds. The van der Waals surface area contributed by atoms with Crippen molar-refractivity contribution >= 4 is 21.6 Å². The van der Waals surface area contributed by atoms with E-state index in [0.717, 1.165) is 22.3 Å². The Morgan fingerprint density at radius 1 is 1.00 bits per heavy atom. The van der Waals surface area contributed by atoms with Gasteiger partial charge in [-0.1, -0.05) is 58.4 Å². The summed E-state index contributed by atoms with van der Waals surface area (Å²) in [5.41, 5.74) is 9.83. The van der Waals surface area contributed by atoms with Crippen molar-refractivity contribution in [2.45, 2.75) is 6.54 Å².